The average Bonchev–Trinajstić information content (AvgIpc) is 2.65. The van der Waals surface area contributed by atoms with Gasteiger partial charge in [0.05, 0.1) is 13.2 Å². The van der Waals surface area contributed by atoms with E-state index in [2.05, 4.69) is 5.32 Å². The molecule has 0 spiro atoms. The minimum absolute atomic E-state index is 0.146. The number of hydrogen-bond donors (Lipinski definition) is 1. The first-order chi connectivity index (χ1) is 12.1. The third-order valence-electron chi connectivity index (χ3n) is 3.81. The second kappa shape index (κ2) is 9.59. The first-order valence-electron chi connectivity index (χ1n) is 8.30. The van der Waals surface area contributed by atoms with Gasteiger partial charge < -0.3 is 15.0 Å². The van der Waals surface area contributed by atoms with E-state index < -0.39 is 6.04 Å². The molecule has 2 aromatic carbocycles. The molecule has 2 aromatic rings. The third kappa shape index (κ3) is 6.04. The molecular weight excluding hydrogens is 316 g/mol. The molecule has 2 amide bonds. The molecule has 0 saturated carbocycles. The second-order valence-electron chi connectivity index (χ2n) is 5.86. The zero-order valence-corrected chi connectivity index (χ0v) is 14.6. The Balaban J connectivity index is 1.72. The van der Waals surface area contributed by atoms with Gasteiger partial charge in [-0.2, -0.15) is 0 Å². The van der Waals surface area contributed by atoms with Crippen LogP contribution in [0.2, 0.25) is 0 Å². The second-order valence-corrected chi connectivity index (χ2v) is 5.86. The highest BCUT2D eigenvalue weighted by molar-refractivity contribution is 5.97. The fourth-order valence-corrected chi connectivity index (χ4v) is 2.34. The van der Waals surface area contributed by atoms with Crippen molar-refractivity contribution in [1.82, 2.24) is 10.2 Å². The highest BCUT2D eigenvalue weighted by atomic mass is 16.5. The summed E-state index contributed by atoms with van der Waals surface area (Å²) in [7, 11) is 1.71. The number of carbonyl (C=O) groups excluding carboxylic acids is 2. The molecule has 5 heteroatoms. The van der Waals surface area contributed by atoms with Crippen LogP contribution in [0.25, 0.3) is 0 Å². The molecule has 0 aromatic heterocycles. The van der Waals surface area contributed by atoms with Gasteiger partial charge in [0.1, 0.15) is 6.04 Å². The van der Waals surface area contributed by atoms with Gasteiger partial charge >= 0.3 is 0 Å². The molecule has 0 bridgehead atoms. The Morgan fingerprint density at radius 3 is 2.28 bits per heavy atom. The van der Waals surface area contributed by atoms with E-state index in [1.165, 1.54) is 0 Å². The Kier molecular flexibility index (Phi) is 7.16. The maximum atomic E-state index is 12.3. The van der Waals surface area contributed by atoms with Gasteiger partial charge in [0.2, 0.25) is 5.91 Å². The normalized spacial score (nSPS) is 11.6. The van der Waals surface area contributed by atoms with E-state index in [0.717, 1.165) is 5.56 Å². The zero-order valence-electron chi connectivity index (χ0n) is 14.6. The van der Waals surface area contributed by atoms with Crippen molar-refractivity contribution in [2.45, 2.75) is 19.6 Å². The fraction of sp³-hybridized carbons (Fsp3) is 0.300. The highest BCUT2D eigenvalue weighted by Crippen LogP contribution is 2.02. The standard InChI is InChI=1S/C20H24N2O3/c1-16(21-19(23)18-11-7-4-8-12-18)20(24)22(2)13-14-25-15-17-9-5-3-6-10-17/h3-12,16H,13-15H2,1-2H3,(H,21,23)/t16-/m1/s1. The zero-order chi connectivity index (χ0) is 18.1. The van der Waals surface area contributed by atoms with Gasteiger partial charge in [-0.3, -0.25) is 9.59 Å². The molecule has 0 aliphatic carbocycles. The predicted molar refractivity (Wildman–Crippen MR) is 97.1 cm³/mol. The lowest BCUT2D eigenvalue weighted by molar-refractivity contribution is -0.132. The number of ether oxygens (including phenoxy) is 1. The molecule has 1 N–H and O–H groups in total. The van der Waals surface area contributed by atoms with Crippen LogP contribution in [0.15, 0.2) is 60.7 Å². The van der Waals surface area contributed by atoms with Gasteiger partial charge in [-0.15, -0.1) is 0 Å². The molecule has 0 aliphatic rings. The lowest BCUT2D eigenvalue weighted by Gasteiger charge is -2.22. The van der Waals surface area contributed by atoms with Crippen molar-refractivity contribution in [2.24, 2.45) is 0 Å². The smallest absolute Gasteiger partial charge is 0.251 e. The topological polar surface area (TPSA) is 58.6 Å². The Hall–Kier alpha value is -2.66. The van der Waals surface area contributed by atoms with Crippen LogP contribution in [0, 0.1) is 0 Å². The van der Waals surface area contributed by atoms with Gasteiger partial charge in [0.15, 0.2) is 0 Å². The summed E-state index contributed by atoms with van der Waals surface area (Å²) >= 11 is 0. The van der Waals surface area contributed by atoms with Crippen molar-refractivity contribution in [3.8, 4) is 0 Å². The molecule has 132 valence electrons. The summed E-state index contributed by atoms with van der Waals surface area (Å²) in [6.07, 6.45) is 0. The lowest BCUT2D eigenvalue weighted by atomic mass is 10.2. The number of amides is 2. The molecule has 0 heterocycles. The molecule has 0 aliphatic heterocycles. The highest BCUT2D eigenvalue weighted by Gasteiger charge is 2.19. The monoisotopic (exact) mass is 340 g/mol. The first kappa shape index (κ1) is 18.7. The Morgan fingerprint density at radius 2 is 1.64 bits per heavy atom. The quantitative estimate of drug-likeness (QED) is 0.751. The van der Waals surface area contributed by atoms with Gasteiger partial charge in [-0.25, -0.2) is 0 Å². The largest absolute Gasteiger partial charge is 0.375 e. The minimum Gasteiger partial charge on any atom is -0.375 e. The molecule has 0 saturated heterocycles. The van der Waals surface area contributed by atoms with E-state index in [1.54, 1.807) is 43.1 Å². The summed E-state index contributed by atoms with van der Waals surface area (Å²) in [5.74, 6) is -0.400. The van der Waals surface area contributed by atoms with E-state index in [-0.39, 0.29) is 11.8 Å². The number of benzene rings is 2. The maximum absolute atomic E-state index is 12.3. The minimum atomic E-state index is -0.591. The summed E-state index contributed by atoms with van der Waals surface area (Å²) < 4.78 is 5.59. The fourth-order valence-electron chi connectivity index (χ4n) is 2.34. The molecule has 0 unspecified atom stereocenters. The summed E-state index contributed by atoms with van der Waals surface area (Å²) in [5.41, 5.74) is 1.64. The van der Waals surface area contributed by atoms with E-state index in [9.17, 15) is 9.59 Å². The maximum Gasteiger partial charge on any atom is 0.251 e. The summed E-state index contributed by atoms with van der Waals surface area (Å²) in [4.78, 5) is 26.0. The molecule has 5 nitrogen and oxygen atoms in total. The van der Waals surface area contributed by atoms with Crippen LogP contribution in [0.3, 0.4) is 0 Å². The van der Waals surface area contributed by atoms with Crippen LogP contribution in [-0.4, -0.2) is 43.0 Å². The van der Waals surface area contributed by atoms with Crippen LogP contribution in [0.5, 0.6) is 0 Å². The van der Waals surface area contributed by atoms with E-state index in [1.807, 2.05) is 36.4 Å². The summed E-state index contributed by atoms with van der Waals surface area (Å²) in [6.45, 7) is 3.11. The number of carbonyl (C=O) groups is 2. The van der Waals surface area contributed by atoms with Crippen LogP contribution in [0.1, 0.15) is 22.8 Å². The first-order valence-corrected chi connectivity index (χ1v) is 8.30. The van der Waals surface area contributed by atoms with Crippen LogP contribution in [-0.2, 0) is 16.1 Å². The number of likely N-dealkylation sites (N-methyl/N-ethyl adjacent to an activating group) is 1. The van der Waals surface area contributed by atoms with Gasteiger partial charge in [-0.05, 0) is 24.6 Å². The van der Waals surface area contributed by atoms with Crippen molar-refractivity contribution >= 4 is 11.8 Å². The number of hydrogen-bond acceptors (Lipinski definition) is 3. The van der Waals surface area contributed by atoms with Gasteiger partial charge in [0.25, 0.3) is 5.91 Å². The predicted octanol–water partition coefficient (Wildman–Crippen LogP) is 2.48. The Labute approximate surface area is 148 Å². The molecule has 2 rings (SSSR count). The van der Waals surface area contributed by atoms with E-state index in [4.69, 9.17) is 4.74 Å². The molecule has 0 radical (unpaired) electrons. The molecule has 25 heavy (non-hydrogen) atoms. The third-order valence-corrected chi connectivity index (χ3v) is 3.81. The van der Waals surface area contributed by atoms with Crippen molar-refractivity contribution in [3.63, 3.8) is 0 Å². The summed E-state index contributed by atoms with van der Waals surface area (Å²) in [5, 5.41) is 2.72. The van der Waals surface area contributed by atoms with Crippen LogP contribution in [0.4, 0.5) is 0 Å². The van der Waals surface area contributed by atoms with Crippen LogP contribution < -0.4 is 5.32 Å². The van der Waals surface area contributed by atoms with Crippen molar-refractivity contribution in [2.75, 3.05) is 20.2 Å². The van der Waals surface area contributed by atoms with Gasteiger partial charge in [-0.1, -0.05) is 48.5 Å². The van der Waals surface area contributed by atoms with Gasteiger partial charge in [0, 0.05) is 19.2 Å². The Bertz CT molecular complexity index is 674. The van der Waals surface area contributed by atoms with Crippen molar-refractivity contribution in [3.05, 3.63) is 71.8 Å². The Morgan fingerprint density at radius 1 is 1.04 bits per heavy atom. The van der Waals surface area contributed by atoms with E-state index >= 15 is 0 Å². The molecular formula is C20H24N2O3. The average molecular weight is 340 g/mol. The molecule has 0 fully saturated rings. The van der Waals surface area contributed by atoms with Crippen LogP contribution >= 0.6 is 0 Å². The SMILES string of the molecule is C[C@@H](NC(=O)c1ccccc1)C(=O)N(C)CCOCc1ccccc1. The molecule has 1 atom stereocenters. The van der Waals surface area contributed by atoms with E-state index in [0.29, 0.717) is 25.3 Å². The van der Waals surface area contributed by atoms with Crippen molar-refractivity contribution < 1.29 is 14.3 Å². The lowest BCUT2D eigenvalue weighted by Crippen LogP contribution is -2.46. The number of nitrogens with zero attached hydrogens (tertiary/aromatic N) is 1. The van der Waals surface area contributed by atoms with Crippen molar-refractivity contribution in [1.29, 1.82) is 0 Å². The summed E-state index contributed by atoms with van der Waals surface area (Å²) in [6, 6.07) is 18.1. The number of nitrogens with one attached hydrogen (secondary N) is 1. The number of rotatable bonds is 8.